The molecule has 5 heteroatoms. The topological polar surface area (TPSA) is 42.6 Å². The number of hydrogen-bond donors (Lipinski definition) is 1. The smallest absolute Gasteiger partial charge is 0.150 e. The fourth-order valence-corrected chi connectivity index (χ4v) is 2.38. The molecule has 0 aliphatic rings. The highest BCUT2D eigenvalue weighted by atomic mass is 79.9. The largest absolute Gasteiger partial charge is 0.497 e. The highest BCUT2D eigenvalue weighted by Gasteiger charge is 2.20. The lowest BCUT2D eigenvalue weighted by Gasteiger charge is -2.12. The fraction of sp³-hybridized carbons (Fsp3) is 0.167. The van der Waals surface area contributed by atoms with Gasteiger partial charge in [0.25, 0.3) is 0 Å². The predicted molar refractivity (Wildman–Crippen MR) is 71.2 cm³/mol. The minimum Gasteiger partial charge on any atom is -0.497 e. The molecule has 0 aliphatic heterocycles. The summed E-state index contributed by atoms with van der Waals surface area (Å²) in [4.78, 5) is 0. The van der Waals surface area contributed by atoms with Crippen LogP contribution in [0.3, 0.4) is 0 Å². The van der Waals surface area contributed by atoms with Gasteiger partial charge in [0.1, 0.15) is 11.9 Å². The molecule has 90 valence electrons. The molecule has 17 heavy (non-hydrogen) atoms. The van der Waals surface area contributed by atoms with Gasteiger partial charge in [-0.1, -0.05) is 15.9 Å². The Hall–Kier alpha value is -0.780. The SMILES string of the molecule is COc1ccc(Br)c(C(O)c2occc2Br)c1. The highest BCUT2D eigenvalue weighted by Crippen LogP contribution is 2.34. The van der Waals surface area contributed by atoms with Crippen molar-refractivity contribution in [3.63, 3.8) is 0 Å². The van der Waals surface area contributed by atoms with Crippen LogP contribution in [0.4, 0.5) is 0 Å². The van der Waals surface area contributed by atoms with Gasteiger partial charge in [-0.2, -0.15) is 0 Å². The lowest BCUT2D eigenvalue weighted by atomic mass is 10.1. The van der Waals surface area contributed by atoms with Crippen LogP contribution in [0.5, 0.6) is 5.75 Å². The molecule has 1 N–H and O–H groups in total. The molecule has 0 spiro atoms. The summed E-state index contributed by atoms with van der Waals surface area (Å²) in [6.45, 7) is 0. The van der Waals surface area contributed by atoms with E-state index in [1.54, 1.807) is 19.2 Å². The Kier molecular flexibility index (Phi) is 3.91. The molecular weight excluding hydrogens is 352 g/mol. The maximum atomic E-state index is 10.3. The number of methoxy groups -OCH3 is 1. The number of halogens is 2. The van der Waals surface area contributed by atoms with Gasteiger partial charge in [-0.3, -0.25) is 0 Å². The van der Waals surface area contributed by atoms with E-state index in [0.29, 0.717) is 17.1 Å². The zero-order valence-corrected chi connectivity index (χ0v) is 12.2. The molecule has 0 amide bonds. The molecule has 0 bridgehead atoms. The van der Waals surface area contributed by atoms with Crippen molar-refractivity contribution >= 4 is 31.9 Å². The number of rotatable bonds is 3. The molecule has 1 aromatic heterocycles. The Balaban J connectivity index is 2.43. The van der Waals surface area contributed by atoms with Gasteiger partial charge < -0.3 is 14.3 Å². The zero-order valence-electron chi connectivity index (χ0n) is 8.98. The monoisotopic (exact) mass is 360 g/mol. The van der Waals surface area contributed by atoms with Crippen molar-refractivity contribution in [1.29, 1.82) is 0 Å². The van der Waals surface area contributed by atoms with Crippen LogP contribution in [0.1, 0.15) is 17.4 Å². The number of benzene rings is 1. The van der Waals surface area contributed by atoms with Crippen molar-refractivity contribution < 1.29 is 14.3 Å². The fourth-order valence-electron chi connectivity index (χ4n) is 1.50. The molecule has 1 heterocycles. The second-order valence-electron chi connectivity index (χ2n) is 3.42. The van der Waals surface area contributed by atoms with Crippen molar-refractivity contribution in [3.8, 4) is 5.75 Å². The third kappa shape index (κ3) is 2.56. The van der Waals surface area contributed by atoms with Gasteiger partial charge in [-0.15, -0.1) is 0 Å². The maximum absolute atomic E-state index is 10.3. The molecule has 0 saturated carbocycles. The Bertz CT molecular complexity index is 522. The van der Waals surface area contributed by atoms with E-state index in [4.69, 9.17) is 9.15 Å². The van der Waals surface area contributed by atoms with E-state index >= 15 is 0 Å². The standard InChI is InChI=1S/C12H10Br2O3/c1-16-7-2-3-9(13)8(6-7)11(15)12-10(14)4-5-17-12/h2-6,11,15H,1H3. The molecule has 2 rings (SSSR count). The van der Waals surface area contributed by atoms with E-state index in [2.05, 4.69) is 31.9 Å². The zero-order chi connectivity index (χ0) is 12.4. The molecule has 1 atom stereocenters. The molecule has 3 nitrogen and oxygen atoms in total. The second-order valence-corrected chi connectivity index (χ2v) is 5.13. The van der Waals surface area contributed by atoms with Crippen molar-refractivity contribution in [1.82, 2.24) is 0 Å². The van der Waals surface area contributed by atoms with E-state index in [0.717, 1.165) is 8.95 Å². The summed E-state index contributed by atoms with van der Waals surface area (Å²) < 4.78 is 11.9. The number of hydrogen-bond acceptors (Lipinski definition) is 3. The van der Waals surface area contributed by atoms with Gasteiger partial charge in [0.05, 0.1) is 17.8 Å². The van der Waals surface area contributed by atoms with E-state index < -0.39 is 6.10 Å². The minimum absolute atomic E-state index is 0.471. The normalized spacial score (nSPS) is 12.5. The van der Waals surface area contributed by atoms with Gasteiger partial charge in [-0.05, 0) is 40.2 Å². The van der Waals surface area contributed by atoms with Crippen LogP contribution in [0.25, 0.3) is 0 Å². The van der Waals surface area contributed by atoms with Gasteiger partial charge >= 0.3 is 0 Å². The molecule has 1 aromatic carbocycles. The summed E-state index contributed by atoms with van der Waals surface area (Å²) in [7, 11) is 1.59. The van der Waals surface area contributed by atoms with Crippen molar-refractivity contribution in [2.45, 2.75) is 6.10 Å². The molecule has 0 radical (unpaired) electrons. The van der Waals surface area contributed by atoms with Gasteiger partial charge in [0, 0.05) is 10.0 Å². The number of aliphatic hydroxyl groups excluding tert-OH is 1. The first-order valence-corrected chi connectivity index (χ1v) is 6.46. The quantitative estimate of drug-likeness (QED) is 0.901. The van der Waals surface area contributed by atoms with Crippen LogP contribution in [-0.4, -0.2) is 12.2 Å². The maximum Gasteiger partial charge on any atom is 0.150 e. The van der Waals surface area contributed by atoms with Crippen LogP contribution < -0.4 is 4.74 Å². The summed E-state index contributed by atoms with van der Waals surface area (Å²) in [6, 6.07) is 7.15. The Morgan fingerprint density at radius 3 is 2.59 bits per heavy atom. The van der Waals surface area contributed by atoms with Gasteiger partial charge in [-0.25, -0.2) is 0 Å². The summed E-state index contributed by atoms with van der Waals surface area (Å²) in [6.07, 6.45) is 0.681. The molecular formula is C12H10Br2O3. The van der Waals surface area contributed by atoms with E-state index in [1.807, 2.05) is 12.1 Å². The summed E-state index contributed by atoms with van der Waals surface area (Å²) >= 11 is 6.72. The lowest BCUT2D eigenvalue weighted by Crippen LogP contribution is -2.00. The highest BCUT2D eigenvalue weighted by molar-refractivity contribution is 9.10. The molecule has 2 aromatic rings. The Labute approximate surface area is 116 Å². The number of furan rings is 1. The summed E-state index contributed by atoms with van der Waals surface area (Å²) in [5.41, 5.74) is 0.694. The second kappa shape index (κ2) is 5.25. The van der Waals surface area contributed by atoms with E-state index in [9.17, 15) is 5.11 Å². The number of aliphatic hydroxyl groups is 1. The summed E-state index contributed by atoms with van der Waals surface area (Å²) in [5, 5.41) is 10.3. The number of ether oxygens (including phenoxy) is 1. The average molecular weight is 362 g/mol. The molecule has 0 aliphatic carbocycles. The molecule has 1 unspecified atom stereocenters. The first-order valence-electron chi connectivity index (χ1n) is 4.88. The van der Waals surface area contributed by atoms with Gasteiger partial charge in [0.15, 0.2) is 5.76 Å². The lowest BCUT2D eigenvalue weighted by molar-refractivity contribution is 0.187. The third-order valence-corrected chi connectivity index (χ3v) is 3.77. The van der Waals surface area contributed by atoms with Crippen molar-refractivity contribution in [2.75, 3.05) is 7.11 Å². The van der Waals surface area contributed by atoms with Gasteiger partial charge in [0.2, 0.25) is 0 Å². The Morgan fingerprint density at radius 1 is 1.24 bits per heavy atom. The van der Waals surface area contributed by atoms with Crippen LogP contribution in [-0.2, 0) is 0 Å². The molecule has 0 fully saturated rings. The third-order valence-electron chi connectivity index (χ3n) is 2.39. The van der Waals surface area contributed by atoms with Crippen LogP contribution >= 0.6 is 31.9 Å². The van der Waals surface area contributed by atoms with Crippen LogP contribution in [0.2, 0.25) is 0 Å². The van der Waals surface area contributed by atoms with E-state index in [1.165, 1.54) is 6.26 Å². The van der Waals surface area contributed by atoms with Crippen molar-refractivity contribution in [3.05, 3.63) is 50.8 Å². The van der Waals surface area contributed by atoms with Crippen LogP contribution in [0, 0.1) is 0 Å². The van der Waals surface area contributed by atoms with E-state index in [-0.39, 0.29) is 0 Å². The molecule has 0 saturated heterocycles. The average Bonchev–Trinajstić information content (AvgIpc) is 2.75. The summed E-state index contributed by atoms with van der Waals surface area (Å²) in [5.74, 6) is 1.16. The van der Waals surface area contributed by atoms with Crippen molar-refractivity contribution in [2.24, 2.45) is 0 Å². The minimum atomic E-state index is -0.844. The van der Waals surface area contributed by atoms with Crippen LogP contribution in [0.15, 0.2) is 43.9 Å². The predicted octanol–water partition coefficient (Wildman–Crippen LogP) is 3.89. The first-order chi connectivity index (χ1) is 8.13. The first kappa shape index (κ1) is 12.7. The Morgan fingerprint density at radius 2 is 2.00 bits per heavy atom.